The average Bonchev–Trinajstić information content (AvgIpc) is 3.38. The summed E-state index contributed by atoms with van der Waals surface area (Å²) >= 11 is 0. The summed E-state index contributed by atoms with van der Waals surface area (Å²) in [7, 11) is 0. The van der Waals surface area contributed by atoms with Gasteiger partial charge in [-0.15, -0.1) is 0 Å². The molecule has 3 heterocycles. The molecule has 2 unspecified atom stereocenters. The molecule has 0 fully saturated rings. The summed E-state index contributed by atoms with van der Waals surface area (Å²) in [5.41, 5.74) is 2.98. The van der Waals surface area contributed by atoms with Crippen LogP contribution in [0.2, 0.25) is 0 Å². The summed E-state index contributed by atoms with van der Waals surface area (Å²) in [6, 6.07) is 10.3. The van der Waals surface area contributed by atoms with Gasteiger partial charge in [-0.2, -0.15) is 13.2 Å². The Bertz CT molecular complexity index is 1460. The third-order valence-corrected chi connectivity index (χ3v) is 6.77. The lowest BCUT2D eigenvalue weighted by atomic mass is 9.89. The molecule has 6 N–H and O–H groups in total. The van der Waals surface area contributed by atoms with Crippen LogP contribution in [0.1, 0.15) is 34.1 Å². The lowest BCUT2D eigenvalue weighted by Crippen LogP contribution is -2.51. The number of hydrogen-bond donors (Lipinski definition) is 5. The van der Waals surface area contributed by atoms with Gasteiger partial charge in [-0.3, -0.25) is 9.59 Å². The molecule has 2 aliphatic heterocycles. The number of alkyl halides is 3. The number of aliphatic hydroxyl groups is 1. The first-order valence-electron chi connectivity index (χ1n) is 11.6. The van der Waals surface area contributed by atoms with E-state index in [0.717, 1.165) is 18.2 Å². The molecule has 8 nitrogen and oxygen atoms in total. The van der Waals surface area contributed by atoms with E-state index >= 15 is 0 Å². The number of amides is 2. The molecule has 0 bridgehead atoms. The Kier molecular flexibility index (Phi) is 5.91. The van der Waals surface area contributed by atoms with Gasteiger partial charge in [0.05, 0.1) is 35.6 Å². The number of halogens is 4. The van der Waals surface area contributed by atoms with E-state index in [1.54, 1.807) is 6.92 Å². The van der Waals surface area contributed by atoms with Gasteiger partial charge in [0.15, 0.2) is 0 Å². The molecule has 0 aliphatic carbocycles. The molecule has 0 spiro atoms. The predicted molar refractivity (Wildman–Crippen MR) is 131 cm³/mol. The number of aromatic nitrogens is 1. The van der Waals surface area contributed by atoms with E-state index in [0.29, 0.717) is 22.5 Å². The highest BCUT2D eigenvalue weighted by atomic mass is 19.4. The van der Waals surface area contributed by atoms with E-state index in [2.05, 4.69) is 20.9 Å². The number of nitrogens with zero attached hydrogens (tertiary/aromatic N) is 1. The van der Waals surface area contributed by atoms with Crippen LogP contribution in [0.25, 0.3) is 11.3 Å². The third-order valence-electron chi connectivity index (χ3n) is 6.77. The van der Waals surface area contributed by atoms with Crippen molar-refractivity contribution in [2.45, 2.75) is 30.7 Å². The van der Waals surface area contributed by atoms with Gasteiger partial charge in [-0.25, -0.2) is 9.37 Å². The third kappa shape index (κ3) is 4.35. The first-order chi connectivity index (χ1) is 17.8. The minimum absolute atomic E-state index is 0.0254. The SMILES string of the molecule is CC1(N)CNc2c1cc(C(O)(CNC(=O)c1ccc3c(c1)CC(=O)N3)C(F)(F)F)nc2-c1ccc(F)cc1. The molecule has 0 saturated heterocycles. The van der Waals surface area contributed by atoms with Crippen molar-refractivity contribution in [3.63, 3.8) is 0 Å². The number of nitrogens with two attached hydrogens (primary N) is 1. The Morgan fingerprint density at radius 2 is 1.89 bits per heavy atom. The maximum absolute atomic E-state index is 14.4. The molecule has 5 rings (SSSR count). The number of carbonyl (C=O) groups is 2. The lowest BCUT2D eigenvalue weighted by Gasteiger charge is -2.31. The summed E-state index contributed by atoms with van der Waals surface area (Å²) in [4.78, 5) is 28.5. The number of carbonyl (C=O) groups excluding carboxylic acids is 2. The molecule has 2 aliphatic rings. The second-order valence-electron chi connectivity index (χ2n) is 9.69. The van der Waals surface area contributed by atoms with Crippen molar-refractivity contribution >= 4 is 23.2 Å². The number of fused-ring (bicyclic) bond motifs is 2. The second-order valence-corrected chi connectivity index (χ2v) is 9.69. The van der Waals surface area contributed by atoms with Crippen molar-refractivity contribution in [2.75, 3.05) is 23.7 Å². The highest BCUT2D eigenvalue weighted by Crippen LogP contribution is 2.44. The van der Waals surface area contributed by atoms with Crippen molar-refractivity contribution in [1.82, 2.24) is 10.3 Å². The Morgan fingerprint density at radius 1 is 1.18 bits per heavy atom. The summed E-state index contributed by atoms with van der Waals surface area (Å²) in [5, 5.41) is 18.8. The number of hydrogen-bond acceptors (Lipinski definition) is 6. The standard InChI is InChI=1S/C26H23F4N5O3/c1-24(31)11-32-22-17(24)10-19(35-21(22)13-2-5-16(27)6-3-13)25(38,26(28,29)30)12-33-23(37)14-4-7-18-15(8-14)9-20(36)34-18/h2-8,10,32,38H,9,11-12,31H2,1H3,(H,33,37)(H,34,36). The zero-order valence-electron chi connectivity index (χ0n) is 20.0. The Hall–Kier alpha value is -4.03. The fraction of sp³-hybridized carbons (Fsp3) is 0.269. The molecule has 1 aromatic heterocycles. The molecule has 38 heavy (non-hydrogen) atoms. The maximum atomic E-state index is 14.4. The molecule has 0 saturated carbocycles. The molecular weight excluding hydrogens is 506 g/mol. The molecule has 3 aromatic rings. The van der Waals surface area contributed by atoms with Gasteiger partial charge in [-0.1, -0.05) is 0 Å². The van der Waals surface area contributed by atoms with Crippen LogP contribution in [-0.4, -0.2) is 41.2 Å². The van der Waals surface area contributed by atoms with Crippen LogP contribution in [0.15, 0.2) is 48.5 Å². The van der Waals surface area contributed by atoms with Gasteiger partial charge in [0.2, 0.25) is 11.5 Å². The maximum Gasteiger partial charge on any atom is 0.424 e. The molecule has 2 amide bonds. The summed E-state index contributed by atoms with van der Waals surface area (Å²) < 4.78 is 56.8. The number of benzene rings is 2. The smallest absolute Gasteiger partial charge is 0.381 e. The number of rotatable bonds is 5. The zero-order valence-corrected chi connectivity index (χ0v) is 20.0. The number of pyridine rings is 1. The summed E-state index contributed by atoms with van der Waals surface area (Å²) in [5.74, 6) is -1.68. The summed E-state index contributed by atoms with van der Waals surface area (Å²) in [6.07, 6.45) is -5.20. The normalized spacial score (nSPS) is 19.7. The minimum Gasteiger partial charge on any atom is -0.381 e. The molecule has 198 valence electrons. The van der Waals surface area contributed by atoms with E-state index in [4.69, 9.17) is 5.73 Å². The van der Waals surface area contributed by atoms with Crippen molar-refractivity contribution in [1.29, 1.82) is 0 Å². The van der Waals surface area contributed by atoms with E-state index in [1.165, 1.54) is 30.3 Å². The monoisotopic (exact) mass is 529 g/mol. The Morgan fingerprint density at radius 3 is 2.58 bits per heavy atom. The fourth-order valence-electron chi connectivity index (χ4n) is 4.59. The van der Waals surface area contributed by atoms with E-state index in [9.17, 15) is 32.3 Å². The zero-order chi connectivity index (χ0) is 27.5. The van der Waals surface area contributed by atoms with Crippen LogP contribution >= 0.6 is 0 Å². The molecule has 12 heteroatoms. The lowest BCUT2D eigenvalue weighted by molar-refractivity contribution is -0.265. The van der Waals surface area contributed by atoms with Gasteiger partial charge >= 0.3 is 6.18 Å². The van der Waals surface area contributed by atoms with Gasteiger partial charge in [0.1, 0.15) is 5.82 Å². The van der Waals surface area contributed by atoms with E-state index < -0.39 is 41.3 Å². The van der Waals surface area contributed by atoms with Gasteiger partial charge < -0.3 is 26.8 Å². The van der Waals surface area contributed by atoms with Crippen LogP contribution in [0.3, 0.4) is 0 Å². The van der Waals surface area contributed by atoms with Crippen molar-refractivity contribution < 1.29 is 32.3 Å². The van der Waals surface area contributed by atoms with Crippen molar-refractivity contribution in [3.8, 4) is 11.3 Å². The molecule has 2 aromatic carbocycles. The van der Waals surface area contributed by atoms with Crippen LogP contribution in [0.5, 0.6) is 0 Å². The van der Waals surface area contributed by atoms with Crippen LogP contribution in [0.4, 0.5) is 28.9 Å². The molecular formula is C26H23F4N5O3. The largest absolute Gasteiger partial charge is 0.424 e. The van der Waals surface area contributed by atoms with Gasteiger partial charge in [-0.05, 0) is 61.0 Å². The molecule has 2 atom stereocenters. The predicted octanol–water partition coefficient (Wildman–Crippen LogP) is 3.16. The summed E-state index contributed by atoms with van der Waals surface area (Å²) in [6.45, 7) is 0.567. The van der Waals surface area contributed by atoms with Gasteiger partial charge in [0, 0.05) is 28.9 Å². The minimum atomic E-state index is -5.24. The van der Waals surface area contributed by atoms with Crippen LogP contribution < -0.4 is 21.7 Å². The first-order valence-corrected chi connectivity index (χ1v) is 11.6. The Labute approximate surface area is 214 Å². The quantitative estimate of drug-likeness (QED) is 0.323. The van der Waals surface area contributed by atoms with Crippen LogP contribution in [-0.2, 0) is 22.4 Å². The number of nitrogens with one attached hydrogen (secondary N) is 3. The van der Waals surface area contributed by atoms with Crippen molar-refractivity contribution in [3.05, 3.63) is 76.7 Å². The molecule has 0 radical (unpaired) electrons. The van der Waals surface area contributed by atoms with E-state index in [1.807, 2.05) is 0 Å². The first kappa shape index (κ1) is 25.6. The highest BCUT2D eigenvalue weighted by Gasteiger charge is 2.57. The van der Waals surface area contributed by atoms with Gasteiger partial charge in [0.25, 0.3) is 5.91 Å². The van der Waals surface area contributed by atoms with E-state index in [-0.39, 0.29) is 35.7 Å². The van der Waals surface area contributed by atoms with Crippen LogP contribution in [0, 0.1) is 5.82 Å². The highest BCUT2D eigenvalue weighted by molar-refractivity contribution is 6.01. The average molecular weight is 529 g/mol. The fourth-order valence-corrected chi connectivity index (χ4v) is 4.59. The van der Waals surface area contributed by atoms with Crippen molar-refractivity contribution in [2.24, 2.45) is 5.73 Å². The Balaban J connectivity index is 1.53. The number of anilines is 2. The second kappa shape index (κ2) is 8.77. The topological polar surface area (TPSA) is 129 Å².